The van der Waals surface area contributed by atoms with Gasteiger partial charge in [-0.25, -0.2) is 15.0 Å². The first-order valence-corrected chi connectivity index (χ1v) is 17.5. The predicted octanol–water partition coefficient (Wildman–Crippen LogP) is 12.7. The molecule has 244 valence electrons. The number of hydrogen-bond acceptors (Lipinski definition) is 3. The van der Waals surface area contributed by atoms with Gasteiger partial charge < -0.3 is 0 Å². The molecule has 0 radical (unpaired) electrons. The highest BCUT2D eigenvalue weighted by molar-refractivity contribution is 5.91. The summed E-state index contributed by atoms with van der Waals surface area (Å²) in [6, 6.07) is 70.0. The topological polar surface area (TPSA) is 38.7 Å². The van der Waals surface area contributed by atoms with Crippen molar-refractivity contribution in [2.75, 3.05) is 0 Å². The van der Waals surface area contributed by atoms with Crippen LogP contribution in [-0.4, -0.2) is 15.0 Å². The van der Waals surface area contributed by atoms with Crippen LogP contribution >= 0.6 is 0 Å². The maximum Gasteiger partial charge on any atom is 0.164 e. The van der Waals surface area contributed by atoms with Crippen molar-refractivity contribution in [3.8, 4) is 78.7 Å². The van der Waals surface area contributed by atoms with Crippen LogP contribution in [0.1, 0.15) is 0 Å². The molecule has 0 atom stereocenters. The predicted molar refractivity (Wildman–Crippen MR) is 215 cm³/mol. The Morgan fingerprint density at radius 1 is 0.212 bits per heavy atom. The number of benzene rings is 8. The van der Waals surface area contributed by atoms with E-state index >= 15 is 0 Å². The first-order chi connectivity index (χ1) is 25.7. The molecule has 9 aromatic rings. The van der Waals surface area contributed by atoms with Crippen LogP contribution in [0.25, 0.3) is 89.4 Å². The van der Waals surface area contributed by atoms with Crippen LogP contribution in [-0.2, 0) is 0 Å². The standard InChI is InChI=1S/C49H33N3/c1-4-13-34(14-5-1)36-23-25-38(26-24-36)47-50-48(52-49(51-47)46-22-11-10-21-45(46)37-17-8-3-9-18-37)44-20-12-19-39(33-44)41-29-30-42-31-40(27-28-43(42)32-41)35-15-6-2-7-16-35/h1-33H. The molecule has 0 bridgehead atoms. The summed E-state index contributed by atoms with van der Waals surface area (Å²) in [4.78, 5) is 15.4. The minimum atomic E-state index is 0.630. The van der Waals surface area contributed by atoms with E-state index in [2.05, 4.69) is 182 Å². The Hall–Kier alpha value is -6.97. The van der Waals surface area contributed by atoms with E-state index in [0.29, 0.717) is 17.5 Å². The van der Waals surface area contributed by atoms with Gasteiger partial charge in [0, 0.05) is 16.7 Å². The van der Waals surface area contributed by atoms with Crippen molar-refractivity contribution in [3.63, 3.8) is 0 Å². The van der Waals surface area contributed by atoms with E-state index in [0.717, 1.165) is 44.5 Å². The fourth-order valence-electron chi connectivity index (χ4n) is 6.82. The minimum Gasteiger partial charge on any atom is -0.208 e. The molecule has 0 aliphatic heterocycles. The van der Waals surface area contributed by atoms with E-state index in [-0.39, 0.29) is 0 Å². The molecular weight excluding hydrogens is 631 g/mol. The van der Waals surface area contributed by atoms with E-state index in [4.69, 9.17) is 15.0 Å². The van der Waals surface area contributed by atoms with Gasteiger partial charge in [-0.3, -0.25) is 0 Å². The first kappa shape index (κ1) is 31.0. The maximum atomic E-state index is 5.15. The summed E-state index contributed by atoms with van der Waals surface area (Å²) in [5.74, 6) is 1.90. The molecule has 52 heavy (non-hydrogen) atoms. The molecule has 0 fully saturated rings. The highest BCUT2D eigenvalue weighted by Gasteiger charge is 2.16. The lowest BCUT2D eigenvalue weighted by Crippen LogP contribution is -2.01. The zero-order chi connectivity index (χ0) is 34.7. The van der Waals surface area contributed by atoms with Gasteiger partial charge in [-0.1, -0.05) is 182 Å². The van der Waals surface area contributed by atoms with Crippen LogP contribution in [0.5, 0.6) is 0 Å². The van der Waals surface area contributed by atoms with Crippen molar-refractivity contribution in [3.05, 3.63) is 200 Å². The quantitative estimate of drug-likeness (QED) is 0.170. The van der Waals surface area contributed by atoms with E-state index < -0.39 is 0 Å². The molecule has 0 amide bonds. The third-order valence-electron chi connectivity index (χ3n) is 9.54. The Morgan fingerprint density at radius 3 is 1.23 bits per heavy atom. The summed E-state index contributed by atoms with van der Waals surface area (Å²) < 4.78 is 0. The van der Waals surface area contributed by atoms with Gasteiger partial charge in [-0.15, -0.1) is 0 Å². The van der Waals surface area contributed by atoms with Crippen molar-refractivity contribution < 1.29 is 0 Å². The Bertz CT molecular complexity index is 2650. The molecule has 0 saturated carbocycles. The molecule has 8 aromatic carbocycles. The third kappa shape index (κ3) is 6.28. The lowest BCUT2D eigenvalue weighted by Gasteiger charge is -2.13. The molecule has 3 nitrogen and oxygen atoms in total. The van der Waals surface area contributed by atoms with E-state index in [1.54, 1.807) is 0 Å². The Kier molecular flexibility index (Phi) is 8.20. The summed E-state index contributed by atoms with van der Waals surface area (Å²) in [7, 11) is 0. The molecule has 0 spiro atoms. The van der Waals surface area contributed by atoms with Gasteiger partial charge >= 0.3 is 0 Å². The van der Waals surface area contributed by atoms with Crippen molar-refractivity contribution >= 4 is 10.8 Å². The monoisotopic (exact) mass is 663 g/mol. The fourth-order valence-corrected chi connectivity index (χ4v) is 6.82. The summed E-state index contributed by atoms with van der Waals surface area (Å²) in [6.45, 7) is 0. The van der Waals surface area contributed by atoms with Gasteiger partial charge in [0.25, 0.3) is 0 Å². The number of aromatic nitrogens is 3. The Labute approximate surface area is 303 Å². The number of hydrogen-bond donors (Lipinski definition) is 0. The van der Waals surface area contributed by atoms with Gasteiger partial charge in [0.05, 0.1) is 0 Å². The summed E-state index contributed by atoms with van der Waals surface area (Å²) in [5.41, 5.74) is 12.0. The first-order valence-electron chi connectivity index (χ1n) is 17.5. The molecule has 9 rings (SSSR count). The summed E-state index contributed by atoms with van der Waals surface area (Å²) in [6.07, 6.45) is 0. The molecule has 0 saturated heterocycles. The van der Waals surface area contributed by atoms with Gasteiger partial charge in [0.2, 0.25) is 0 Å². The number of fused-ring (bicyclic) bond motifs is 1. The van der Waals surface area contributed by atoms with Crippen LogP contribution in [0.2, 0.25) is 0 Å². The molecule has 3 heteroatoms. The van der Waals surface area contributed by atoms with Gasteiger partial charge in [0.15, 0.2) is 17.5 Å². The van der Waals surface area contributed by atoms with Crippen molar-refractivity contribution in [2.24, 2.45) is 0 Å². The molecule has 1 heterocycles. The van der Waals surface area contributed by atoms with Gasteiger partial charge in [0.1, 0.15) is 0 Å². The van der Waals surface area contributed by atoms with Crippen LogP contribution in [0.4, 0.5) is 0 Å². The van der Waals surface area contributed by atoms with Crippen LogP contribution in [0.3, 0.4) is 0 Å². The average molecular weight is 664 g/mol. The van der Waals surface area contributed by atoms with Crippen LogP contribution < -0.4 is 0 Å². The molecular formula is C49H33N3. The minimum absolute atomic E-state index is 0.630. The van der Waals surface area contributed by atoms with Crippen LogP contribution in [0, 0.1) is 0 Å². The lowest BCUT2D eigenvalue weighted by atomic mass is 9.97. The zero-order valence-electron chi connectivity index (χ0n) is 28.4. The number of nitrogens with zero attached hydrogens (tertiary/aromatic N) is 3. The molecule has 0 unspecified atom stereocenters. The van der Waals surface area contributed by atoms with E-state index in [1.807, 2.05) is 18.2 Å². The maximum absolute atomic E-state index is 5.15. The highest BCUT2D eigenvalue weighted by atomic mass is 15.0. The molecule has 0 N–H and O–H groups in total. The lowest BCUT2D eigenvalue weighted by molar-refractivity contribution is 1.07. The SMILES string of the molecule is c1ccc(-c2ccc(-c3nc(-c4cccc(-c5ccc6cc(-c7ccccc7)ccc6c5)c4)nc(-c4ccccc4-c4ccccc4)n3)cc2)cc1. The van der Waals surface area contributed by atoms with Crippen molar-refractivity contribution in [1.82, 2.24) is 15.0 Å². The Morgan fingerprint density at radius 2 is 0.596 bits per heavy atom. The third-order valence-corrected chi connectivity index (χ3v) is 9.54. The molecule has 0 aliphatic rings. The van der Waals surface area contributed by atoms with Crippen molar-refractivity contribution in [2.45, 2.75) is 0 Å². The molecule has 1 aromatic heterocycles. The molecule has 0 aliphatic carbocycles. The second-order valence-corrected chi connectivity index (χ2v) is 12.9. The number of rotatable bonds is 7. The van der Waals surface area contributed by atoms with E-state index in [1.165, 1.54) is 27.5 Å². The second-order valence-electron chi connectivity index (χ2n) is 12.9. The summed E-state index contributed by atoms with van der Waals surface area (Å²) >= 11 is 0. The van der Waals surface area contributed by atoms with Gasteiger partial charge in [-0.2, -0.15) is 0 Å². The normalized spacial score (nSPS) is 11.1. The smallest absolute Gasteiger partial charge is 0.164 e. The Balaban J connectivity index is 1.14. The second kappa shape index (κ2) is 13.7. The largest absolute Gasteiger partial charge is 0.208 e. The summed E-state index contributed by atoms with van der Waals surface area (Å²) in [5, 5.41) is 2.41. The average Bonchev–Trinajstić information content (AvgIpc) is 3.24. The highest BCUT2D eigenvalue weighted by Crippen LogP contribution is 2.34. The van der Waals surface area contributed by atoms with Crippen LogP contribution in [0.15, 0.2) is 200 Å². The fraction of sp³-hybridized carbons (Fsp3) is 0. The van der Waals surface area contributed by atoms with Crippen molar-refractivity contribution in [1.29, 1.82) is 0 Å². The zero-order valence-corrected chi connectivity index (χ0v) is 28.4. The van der Waals surface area contributed by atoms with E-state index in [9.17, 15) is 0 Å². The van der Waals surface area contributed by atoms with Gasteiger partial charge in [-0.05, 0) is 73.5 Å².